The lowest BCUT2D eigenvalue weighted by Gasteiger charge is -2.18. The van der Waals surface area contributed by atoms with Crippen LogP contribution >= 0.6 is 0 Å². The molecule has 5 nitrogen and oxygen atoms in total. The van der Waals surface area contributed by atoms with E-state index in [-0.39, 0.29) is 24.2 Å². The lowest BCUT2D eigenvalue weighted by atomic mass is 9.91. The number of ether oxygens (including phenoxy) is 1. The van der Waals surface area contributed by atoms with Crippen LogP contribution in [0.1, 0.15) is 68.0 Å². The Kier molecular flexibility index (Phi) is 6.47. The second kappa shape index (κ2) is 8.42. The van der Waals surface area contributed by atoms with Gasteiger partial charge in [0.1, 0.15) is 18.1 Å². The molecule has 2 rings (SSSR count). The molecule has 1 heterocycles. The number of ketones is 1. The fourth-order valence-corrected chi connectivity index (χ4v) is 2.58. The number of carbonyl (C=O) groups excluding carboxylic acids is 2. The highest BCUT2D eigenvalue weighted by Crippen LogP contribution is 2.29. The van der Waals surface area contributed by atoms with Crippen LogP contribution in [0.5, 0.6) is 5.75 Å². The fraction of sp³-hybridized carbons (Fsp3) is 0.455. The van der Waals surface area contributed by atoms with Gasteiger partial charge in [-0.15, -0.1) is 0 Å². The predicted molar refractivity (Wildman–Crippen MR) is 105 cm³/mol. The minimum absolute atomic E-state index is 0.00265. The van der Waals surface area contributed by atoms with E-state index in [0.717, 1.165) is 16.9 Å². The van der Waals surface area contributed by atoms with E-state index in [2.05, 4.69) is 5.32 Å². The molecular formula is C22H29NO4. The van der Waals surface area contributed by atoms with Crippen LogP contribution in [0.15, 0.2) is 34.7 Å². The minimum Gasteiger partial charge on any atom is -0.486 e. The number of hydrogen-bond donors (Lipinski definition) is 1. The van der Waals surface area contributed by atoms with E-state index in [9.17, 15) is 9.59 Å². The van der Waals surface area contributed by atoms with Crippen molar-refractivity contribution < 1.29 is 18.7 Å². The first kappa shape index (κ1) is 20.7. The van der Waals surface area contributed by atoms with Crippen molar-refractivity contribution in [2.24, 2.45) is 5.41 Å². The van der Waals surface area contributed by atoms with Gasteiger partial charge in [0.25, 0.3) is 5.91 Å². The molecule has 0 bridgehead atoms. The zero-order valence-corrected chi connectivity index (χ0v) is 17.0. The predicted octanol–water partition coefficient (Wildman–Crippen LogP) is 4.48. The summed E-state index contributed by atoms with van der Waals surface area (Å²) in [6, 6.07) is 9.39. The smallest absolute Gasteiger partial charge is 0.286 e. The topological polar surface area (TPSA) is 68.5 Å². The molecule has 1 aromatic heterocycles. The third kappa shape index (κ3) is 5.22. The number of Topliss-reactive ketones (excluding diaryl/α,β-unsaturated/α-hetero) is 1. The highest BCUT2D eigenvalue weighted by molar-refractivity contribution is 5.91. The number of amides is 1. The highest BCUT2D eigenvalue weighted by Gasteiger charge is 2.22. The van der Waals surface area contributed by atoms with Crippen molar-refractivity contribution in [2.75, 3.05) is 13.2 Å². The van der Waals surface area contributed by atoms with Gasteiger partial charge in [0.2, 0.25) is 0 Å². The summed E-state index contributed by atoms with van der Waals surface area (Å²) in [6.07, 6.45) is 0. The van der Waals surface area contributed by atoms with Crippen molar-refractivity contribution >= 4 is 11.7 Å². The molecule has 0 aliphatic rings. The Balaban J connectivity index is 2.10. The summed E-state index contributed by atoms with van der Waals surface area (Å²) in [7, 11) is 0. The van der Waals surface area contributed by atoms with Crippen molar-refractivity contribution in [1.82, 2.24) is 5.32 Å². The molecule has 1 aromatic carbocycles. The SMILES string of the molecule is CCNC(=O)c1ccc(C(C)c2ccc(OCC(=O)C(C)(C)C)c(C)c2)o1. The van der Waals surface area contributed by atoms with Crippen LogP contribution in [-0.4, -0.2) is 24.8 Å². The van der Waals surface area contributed by atoms with Crippen molar-refractivity contribution in [2.45, 2.75) is 47.5 Å². The van der Waals surface area contributed by atoms with E-state index in [4.69, 9.17) is 9.15 Å². The Hall–Kier alpha value is -2.56. The first-order chi connectivity index (χ1) is 12.6. The Morgan fingerprint density at radius 3 is 2.48 bits per heavy atom. The molecule has 0 fully saturated rings. The summed E-state index contributed by atoms with van der Waals surface area (Å²) in [5, 5.41) is 2.73. The normalized spacial score (nSPS) is 12.5. The van der Waals surface area contributed by atoms with Crippen molar-refractivity contribution in [1.29, 1.82) is 0 Å². The number of rotatable bonds is 7. The largest absolute Gasteiger partial charge is 0.486 e. The van der Waals surface area contributed by atoms with E-state index in [1.54, 1.807) is 6.07 Å². The zero-order chi connectivity index (χ0) is 20.2. The number of furan rings is 1. The summed E-state index contributed by atoms with van der Waals surface area (Å²) in [5.74, 6) is 1.60. The zero-order valence-electron chi connectivity index (χ0n) is 17.0. The average molecular weight is 371 g/mol. The Bertz CT molecular complexity index is 814. The molecule has 146 valence electrons. The minimum atomic E-state index is -0.413. The highest BCUT2D eigenvalue weighted by atomic mass is 16.5. The molecule has 5 heteroatoms. The lowest BCUT2D eigenvalue weighted by Crippen LogP contribution is -2.26. The maximum Gasteiger partial charge on any atom is 0.286 e. The van der Waals surface area contributed by atoms with Gasteiger partial charge < -0.3 is 14.5 Å². The molecule has 0 radical (unpaired) electrons. The van der Waals surface area contributed by atoms with Crippen LogP contribution in [0.4, 0.5) is 0 Å². The summed E-state index contributed by atoms with van der Waals surface area (Å²) >= 11 is 0. The second-order valence-electron chi connectivity index (χ2n) is 7.77. The van der Waals surface area contributed by atoms with Crippen molar-refractivity contribution in [3.8, 4) is 5.75 Å². The van der Waals surface area contributed by atoms with Gasteiger partial charge in [-0.2, -0.15) is 0 Å². The quantitative estimate of drug-likeness (QED) is 0.779. The Morgan fingerprint density at radius 1 is 1.19 bits per heavy atom. The standard InChI is InChI=1S/C22H29NO4/c1-7-23-21(25)19-11-10-18(27-19)15(3)16-8-9-17(14(2)12-16)26-13-20(24)22(4,5)6/h8-12,15H,7,13H2,1-6H3,(H,23,25). The van der Waals surface area contributed by atoms with Gasteiger partial charge in [0.05, 0.1) is 0 Å². The number of aryl methyl sites for hydroxylation is 1. The van der Waals surface area contributed by atoms with Gasteiger partial charge >= 0.3 is 0 Å². The molecule has 2 aromatic rings. The third-order valence-corrected chi connectivity index (χ3v) is 4.51. The second-order valence-corrected chi connectivity index (χ2v) is 7.77. The van der Waals surface area contributed by atoms with E-state index in [1.807, 2.05) is 65.8 Å². The number of carbonyl (C=O) groups is 2. The molecular weight excluding hydrogens is 342 g/mol. The number of benzene rings is 1. The molecule has 1 atom stereocenters. The van der Waals surface area contributed by atoms with Crippen molar-refractivity contribution in [3.63, 3.8) is 0 Å². The van der Waals surface area contributed by atoms with Gasteiger partial charge in [0.15, 0.2) is 11.5 Å². The molecule has 27 heavy (non-hydrogen) atoms. The van der Waals surface area contributed by atoms with Gasteiger partial charge in [0, 0.05) is 17.9 Å². The summed E-state index contributed by atoms with van der Waals surface area (Å²) in [5.41, 5.74) is 1.60. The molecule has 0 spiro atoms. The van der Waals surface area contributed by atoms with Crippen LogP contribution in [0.2, 0.25) is 0 Å². The first-order valence-corrected chi connectivity index (χ1v) is 9.28. The summed E-state index contributed by atoms with van der Waals surface area (Å²) < 4.78 is 11.4. The molecule has 1 unspecified atom stereocenters. The monoisotopic (exact) mass is 371 g/mol. The Labute approximate surface area is 161 Å². The summed E-state index contributed by atoms with van der Waals surface area (Å²) in [6.45, 7) is 12.1. The molecule has 0 saturated carbocycles. The van der Waals surface area contributed by atoms with Gasteiger partial charge in [-0.25, -0.2) is 0 Å². The van der Waals surface area contributed by atoms with E-state index < -0.39 is 5.41 Å². The maximum absolute atomic E-state index is 12.0. The first-order valence-electron chi connectivity index (χ1n) is 9.28. The lowest BCUT2D eigenvalue weighted by molar-refractivity contribution is -0.128. The van der Waals surface area contributed by atoms with E-state index in [0.29, 0.717) is 18.1 Å². The van der Waals surface area contributed by atoms with Gasteiger partial charge in [-0.05, 0) is 43.2 Å². The molecule has 1 amide bonds. The molecule has 0 aliphatic heterocycles. The average Bonchev–Trinajstić information content (AvgIpc) is 3.09. The molecule has 0 saturated heterocycles. The van der Waals surface area contributed by atoms with Gasteiger partial charge in [-0.3, -0.25) is 9.59 Å². The van der Waals surface area contributed by atoms with Gasteiger partial charge in [-0.1, -0.05) is 39.8 Å². The van der Waals surface area contributed by atoms with E-state index >= 15 is 0 Å². The van der Waals surface area contributed by atoms with Crippen molar-refractivity contribution in [3.05, 3.63) is 53.0 Å². The van der Waals surface area contributed by atoms with Crippen LogP contribution < -0.4 is 10.1 Å². The van der Waals surface area contributed by atoms with E-state index in [1.165, 1.54) is 0 Å². The number of nitrogens with one attached hydrogen (secondary N) is 1. The molecule has 0 aliphatic carbocycles. The van der Waals surface area contributed by atoms with Crippen LogP contribution in [-0.2, 0) is 4.79 Å². The number of hydrogen-bond acceptors (Lipinski definition) is 4. The third-order valence-electron chi connectivity index (χ3n) is 4.51. The van der Waals surface area contributed by atoms with Crippen LogP contribution in [0, 0.1) is 12.3 Å². The maximum atomic E-state index is 12.0. The van der Waals surface area contributed by atoms with Crippen LogP contribution in [0.25, 0.3) is 0 Å². The Morgan fingerprint density at radius 2 is 1.89 bits per heavy atom. The summed E-state index contributed by atoms with van der Waals surface area (Å²) in [4.78, 5) is 23.9. The molecule has 1 N–H and O–H groups in total. The fourth-order valence-electron chi connectivity index (χ4n) is 2.58. The van der Waals surface area contributed by atoms with Crippen LogP contribution in [0.3, 0.4) is 0 Å².